The molecule has 0 aromatic heterocycles. The number of nitrogens with one attached hydrogen (secondary N) is 2. The standard InChI is InChI=1S/C17H19FN2O5S/c1-11-8-12(18)4-7-16(11)26(22,23)19-10-17(21)20-14-9-13(24-2)5-6-15(14)25-3/h4-9,19H,10H2,1-3H3,(H,20,21). The minimum Gasteiger partial charge on any atom is -0.497 e. The zero-order valence-corrected chi connectivity index (χ0v) is 15.3. The molecule has 0 saturated heterocycles. The van der Waals surface area contributed by atoms with Crippen molar-refractivity contribution >= 4 is 21.6 Å². The molecule has 0 aliphatic rings. The van der Waals surface area contributed by atoms with Crippen LogP contribution in [0.25, 0.3) is 0 Å². The Morgan fingerprint density at radius 2 is 1.85 bits per heavy atom. The topological polar surface area (TPSA) is 93.7 Å². The van der Waals surface area contributed by atoms with Crippen LogP contribution in [-0.4, -0.2) is 35.1 Å². The van der Waals surface area contributed by atoms with Gasteiger partial charge < -0.3 is 14.8 Å². The van der Waals surface area contributed by atoms with Gasteiger partial charge in [-0.25, -0.2) is 17.5 Å². The number of methoxy groups -OCH3 is 2. The van der Waals surface area contributed by atoms with Crippen molar-refractivity contribution in [1.82, 2.24) is 4.72 Å². The zero-order chi connectivity index (χ0) is 19.3. The lowest BCUT2D eigenvalue weighted by Crippen LogP contribution is -2.33. The van der Waals surface area contributed by atoms with E-state index in [-0.39, 0.29) is 10.5 Å². The highest BCUT2D eigenvalue weighted by molar-refractivity contribution is 7.89. The number of rotatable bonds is 7. The molecule has 2 aromatic rings. The number of amides is 1. The predicted molar refractivity (Wildman–Crippen MR) is 94.5 cm³/mol. The van der Waals surface area contributed by atoms with Crippen LogP contribution in [0, 0.1) is 12.7 Å². The maximum atomic E-state index is 13.1. The third kappa shape index (κ3) is 4.70. The second kappa shape index (κ2) is 8.15. The summed E-state index contributed by atoms with van der Waals surface area (Å²) in [7, 11) is -1.04. The molecule has 140 valence electrons. The van der Waals surface area contributed by atoms with Crippen molar-refractivity contribution in [1.29, 1.82) is 0 Å². The first-order valence-corrected chi connectivity index (χ1v) is 9.03. The number of aryl methyl sites for hydroxylation is 1. The highest BCUT2D eigenvalue weighted by atomic mass is 32.2. The summed E-state index contributed by atoms with van der Waals surface area (Å²) in [5, 5.41) is 2.55. The Balaban J connectivity index is 2.09. The van der Waals surface area contributed by atoms with Gasteiger partial charge in [-0.2, -0.15) is 0 Å². The van der Waals surface area contributed by atoms with E-state index in [1.54, 1.807) is 18.2 Å². The fourth-order valence-corrected chi connectivity index (χ4v) is 3.47. The molecular formula is C17H19FN2O5S. The number of ether oxygens (including phenoxy) is 2. The quantitative estimate of drug-likeness (QED) is 0.765. The van der Waals surface area contributed by atoms with Gasteiger partial charge in [0.2, 0.25) is 15.9 Å². The van der Waals surface area contributed by atoms with Gasteiger partial charge in [-0.05, 0) is 42.8 Å². The van der Waals surface area contributed by atoms with Crippen LogP contribution in [0.1, 0.15) is 5.56 Å². The van der Waals surface area contributed by atoms with Gasteiger partial charge in [0.1, 0.15) is 17.3 Å². The number of sulfonamides is 1. The monoisotopic (exact) mass is 382 g/mol. The van der Waals surface area contributed by atoms with Crippen molar-refractivity contribution in [2.45, 2.75) is 11.8 Å². The molecule has 9 heteroatoms. The fraction of sp³-hybridized carbons (Fsp3) is 0.235. The number of anilines is 1. The number of carbonyl (C=O) groups is 1. The first kappa shape index (κ1) is 19.7. The van der Waals surface area contributed by atoms with E-state index < -0.39 is 28.3 Å². The van der Waals surface area contributed by atoms with Gasteiger partial charge >= 0.3 is 0 Å². The summed E-state index contributed by atoms with van der Waals surface area (Å²) in [6, 6.07) is 8.12. The van der Waals surface area contributed by atoms with Crippen molar-refractivity contribution in [2.24, 2.45) is 0 Å². The maximum absolute atomic E-state index is 13.1. The van der Waals surface area contributed by atoms with E-state index in [2.05, 4.69) is 10.0 Å². The predicted octanol–water partition coefficient (Wildman–Crippen LogP) is 2.07. The fourth-order valence-electron chi connectivity index (χ4n) is 2.26. The van der Waals surface area contributed by atoms with Gasteiger partial charge in [0.15, 0.2) is 0 Å². The molecule has 7 nitrogen and oxygen atoms in total. The Bertz CT molecular complexity index is 915. The van der Waals surface area contributed by atoms with Gasteiger partial charge in [-0.1, -0.05) is 0 Å². The molecule has 2 N–H and O–H groups in total. The van der Waals surface area contributed by atoms with E-state index in [0.717, 1.165) is 18.2 Å². The number of carbonyl (C=O) groups excluding carboxylic acids is 1. The lowest BCUT2D eigenvalue weighted by molar-refractivity contribution is -0.115. The smallest absolute Gasteiger partial charge is 0.241 e. The van der Waals surface area contributed by atoms with Crippen molar-refractivity contribution in [3.8, 4) is 11.5 Å². The summed E-state index contributed by atoms with van der Waals surface area (Å²) in [6.07, 6.45) is 0. The van der Waals surface area contributed by atoms with Crippen LogP contribution < -0.4 is 19.5 Å². The van der Waals surface area contributed by atoms with Gasteiger partial charge in [0.05, 0.1) is 31.3 Å². The summed E-state index contributed by atoms with van der Waals surface area (Å²) >= 11 is 0. The largest absolute Gasteiger partial charge is 0.497 e. The molecule has 2 aromatic carbocycles. The van der Waals surface area contributed by atoms with E-state index in [1.807, 2.05) is 0 Å². The second-order valence-electron chi connectivity index (χ2n) is 5.35. The molecule has 0 bridgehead atoms. The minimum absolute atomic E-state index is 0.0920. The van der Waals surface area contributed by atoms with E-state index in [4.69, 9.17) is 9.47 Å². The summed E-state index contributed by atoms with van der Waals surface area (Å²) in [5.41, 5.74) is 0.585. The number of hydrogen-bond acceptors (Lipinski definition) is 5. The van der Waals surface area contributed by atoms with E-state index in [1.165, 1.54) is 21.1 Å². The Morgan fingerprint density at radius 3 is 2.46 bits per heavy atom. The van der Waals surface area contributed by atoms with E-state index in [0.29, 0.717) is 17.2 Å². The minimum atomic E-state index is -3.96. The number of halogens is 1. The molecule has 0 fully saturated rings. The first-order valence-electron chi connectivity index (χ1n) is 7.54. The first-order chi connectivity index (χ1) is 12.3. The average Bonchev–Trinajstić information content (AvgIpc) is 2.59. The maximum Gasteiger partial charge on any atom is 0.241 e. The molecule has 2 rings (SSSR count). The molecule has 0 unspecified atom stereocenters. The van der Waals surface area contributed by atoms with Gasteiger partial charge in [0, 0.05) is 6.07 Å². The SMILES string of the molecule is COc1ccc(OC)c(NC(=O)CNS(=O)(=O)c2ccc(F)cc2C)c1. The average molecular weight is 382 g/mol. The Kier molecular flexibility index (Phi) is 6.17. The summed E-state index contributed by atoms with van der Waals surface area (Å²) in [5.74, 6) is -0.232. The normalized spacial score (nSPS) is 11.1. The van der Waals surface area contributed by atoms with Crippen LogP contribution in [0.2, 0.25) is 0 Å². The molecule has 0 aliphatic heterocycles. The van der Waals surface area contributed by atoms with Crippen LogP contribution in [0.15, 0.2) is 41.3 Å². The van der Waals surface area contributed by atoms with Gasteiger partial charge in [0.25, 0.3) is 0 Å². The number of benzene rings is 2. The van der Waals surface area contributed by atoms with E-state index >= 15 is 0 Å². The molecule has 26 heavy (non-hydrogen) atoms. The molecule has 1 amide bonds. The summed E-state index contributed by atoms with van der Waals surface area (Å²) in [6.45, 7) is 0.971. The summed E-state index contributed by atoms with van der Waals surface area (Å²) < 4.78 is 50.1. The molecule has 0 aliphatic carbocycles. The third-order valence-electron chi connectivity index (χ3n) is 3.53. The van der Waals surface area contributed by atoms with Crippen LogP contribution in [0.5, 0.6) is 11.5 Å². The van der Waals surface area contributed by atoms with Crippen molar-refractivity contribution in [3.63, 3.8) is 0 Å². The molecule has 0 spiro atoms. The van der Waals surface area contributed by atoms with E-state index in [9.17, 15) is 17.6 Å². The molecular weight excluding hydrogens is 363 g/mol. The van der Waals surface area contributed by atoms with Crippen LogP contribution in [0.3, 0.4) is 0 Å². The van der Waals surface area contributed by atoms with Crippen LogP contribution in [-0.2, 0) is 14.8 Å². The third-order valence-corrected chi connectivity index (χ3v) is 5.09. The zero-order valence-electron chi connectivity index (χ0n) is 14.5. The Labute approximate surface area is 151 Å². The van der Waals surface area contributed by atoms with Crippen molar-refractivity contribution < 1.29 is 27.1 Å². The van der Waals surface area contributed by atoms with Crippen molar-refractivity contribution in [3.05, 3.63) is 47.8 Å². The lowest BCUT2D eigenvalue weighted by Gasteiger charge is -2.13. The van der Waals surface area contributed by atoms with Crippen LogP contribution >= 0.6 is 0 Å². The summed E-state index contributed by atoms with van der Waals surface area (Å²) in [4.78, 5) is 12.0. The highest BCUT2D eigenvalue weighted by Gasteiger charge is 2.19. The lowest BCUT2D eigenvalue weighted by atomic mass is 10.2. The Morgan fingerprint density at radius 1 is 1.12 bits per heavy atom. The second-order valence-corrected chi connectivity index (χ2v) is 7.08. The Hall–Kier alpha value is -2.65. The van der Waals surface area contributed by atoms with Gasteiger partial charge in [-0.3, -0.25) is 4.79 Å². The van der Waals surface area contributed by atoms with Crippen LogP contribution in [0.4, 0.5) is 10.1 Å². The molecule has 0 heterocycles. The molecule has 0 atom stereocenters. The molecule has 0 saturated carbocycles. The van der Waals surface area contributed by atoms with Gasteiger partial charge in [-0.15, -0.1) is 0 Å². The highest BCUT2D eigenvalue weighted by Crippen LogP contribution is 2.28. The molecule has 0 radical (unpaired) electrons. The van der Waals surface area contributed by atoms with Crippen molar-refractivity contribution in [2.75, 3.05) is 26.1 Å². The number of hydrogen-bond donors (Lipinski definition) is 2.